The summed E-state index contributed by atoms with van der Waals surface area (Å²) in [5.41, 5.74) is 4.14. The van der Waals surface area contributed by atoms with E-state index in [0.717, 1.165) is 22.5 Å². The predicted molar refractivity (Wildman–Crippen MR) is 100 cm³/mol. The minimum atomic E-state index is -3.56. The van der Waals surface area contributed by atoms with Crippen molar-refractivity contribution in [2.24, 2.45) is 0 Å². The zero-order valence-corrected chi connectivity index (χ0v) is 15.0. The van der Waals surface area contributed by atoms with Crippen LogP contribution in [0.1, 0.15) is 5.56 Å². The normalized spacial score (nSPS) is 11.7. The molecule has 0 aliphatic rings. The molecule has 4 aromatic rings. The van der Waals surface area contributed by atoms with Crippen molar-refractivity contribution in [3.05, 3.63) is 71.9 Å². The largest absolute Gasteiger partial charge is 0.306 e. The molecule has 25 heavy (non-hydrogen) atoms. The molecule has 7 heteroatoms. The van der Waals surface area contributed by atoms with Gasteiger partial charge in [-0.1, -0.05) is 24.3 Å². The molecule has 3 aromatic heterocycles. The number of nitrogens with zero attached hydrogens (tertiary/aromatic N) is 2. The molecular weight excluding hydrogens is 354 g/mol. The number of pyridine rings is 1. The number of thiophene rings is 1. The number of imidazole rings is 1. The monoisotopic (exact) mass is 369 g/mol. The van der Waals surface area contributed by atoms with E-state index in [4.69, 9.17) is 0 Å². The van der Waals surface area contributed by atoms with Crippen LogP contribution in [0.15, 0.2) is 70.5 Å². The summed E-state index contributed by atoms with van der Waals surface area (Å²) in [7, 11) is -3.56. The lowest BCUT2D eigenvalue weighted by Crippen LogP contribution is -2.11. The van der Waals surface area contributed by atoms with Crippen LogP contribution in [-0.2, 0) is 10.0 Å². The first-order chi connectivity index (χ1) is 12.0. The van der Waals surface area contributed by atoms with Gasteiger partial charge in [0.2, 0.25) is 0 Å². The van der Waals surface area contributed by atoms with Gasteiger partial charge in [-0.3, -0.25) is 4.72 Å². The lowest BCUT2D eigenvalue weighted by Gasteiger charge is -2.07. The highest BCUT2D eigenvalue weighted by Gasteiger charge is 2.15. The van der Waals surface area contributed by atoms with Crippen LogP contribution in [0.2, 0.25) is 0 Å². The van der Waals surface area contributed by atoms with Crippen molar-refractivity contribution < 1.29 is 8.42 Å². The molecule has 3 heterocycles. The molecule has 0 amide bonds. The van der Waals surface area contributed by atoms with Gasteiger partial charge in [0.05, 0.1) is 5.69 Å². The van der Waals surface area contributed by atoms with Crippen molar-refractivity contribution in [2.75, 3.05) is 4.72 Å². The van der Waals surface area contributed by atoms with Crippen molar-refractivity contribution in [1.29, 1.82) is 0 Å². The highest BCUT2D eigenvalue weighted by molar-refractivity contribution is 7.94. The molecule has 0 radical (unpaired) electrons. The van der Waals surface area contributed by atoms with E-state index in [1.165, 1.54) is 11.3 Å². The molecule has 1 N–H and O–H groups in total. The summed E-state index contributed by atoms with van der Waals surface area (Å²) in [6.45, 7) is 2.01. The minimum Gasteiger partial charge on any atom is -0.306 e. The van der Waals surface area contributed by atoms with Gasteiger partial charge in [0.25, 0.3) is 10.0 Å². The van der Waals surface area contributed by atoms with E-state index in [2.05, 4.69) is 9.71 Å². The molecule has 4 rings (SSSR count). The predicted octanol–water partition coefficient (Wildman–Crippen LogP) is 4.17. The first-order valence-electron chi connectivity index (χ1n) is 7.64. The van der Waals surface area contributed by atoms with Gasteiger partial charge in [-0.2, -0.15) is 0 Å². The molecule has 0 aliphatic heterocycles. The Morgan fingerprint density at radius 2 is 2.00 bits per heavy atom. The molecule has 0 unspecified atom stereocenters. The van der Waals surface area contributed by atoms with Gasteiger partial charge in [-0.15, -0.1) is 11.3 Å². The fraction of sp³-hybridized carbons (Fsp3) is 0.0556. The number of nitrogens with one attached hydrogen (secondary N) is 1. The van der Waals surface area contributed by atoms with E-state index in [9.17, 15) is 8.42 Å². The second kappa shape index (κ2) is 6.02. The second-order valence-corrected chi connectivity index (χ2v) is 8.52. The van der Waals surface area contributed by atoms with Gasteiger partial charge in [0, 0.05) is 23.6 Å². The van der Waals surface area contributed by atoms with Gasteiger partial charge in [0.1, 0.15) is 9.86 Å². The topological polar surface area (TPSA) is 63.5 Å². The Morgan fingerprint density at radius 1 is 1.12 bits per heavy atom. The number of anilines is 1. The highest BCUT2D eigenvalue weighted by atomic mass is 32.2. The van der Waals surface area contributed by atoms with E-state index in [0.29, 0.717) is 9.90 Å². The first kappa shape index (κ1) is 15.9. The minimum absolute atomic E-state index is 0.293. The smallest absolute Gasteiger partial charge is 0.271 e. The summed E-state index contributed by atoms with van der Waals surface area (Å²) in [5.74, 6) is 0. The lowest BCUT2D eigenvalue weighted by molar-refractivity contribution is 0.603. The SMILES string of the molecule is Cc1cccn2cc(-c3cccc(NS(=O)(=O)c4cccs4)c3)nc12. The highest BCUT2D eigenvalue weighted by Crippen LogP contribution is 2.25. The molecule has 1 aromatic carbocycles. The summed E-state index contributed by atoms with van der Waals surface area (Å²) in [4.78, 5) is 4.66. The summed E-state index contributed by atoms with van der Waals surface area (Å²) in [5, 5.41) is 1.74. The Labute approximate surface area is 149 Å². The molecule has 0 atom stereocenters. The number of benzene rings is 1. The number of sulfonamides is 1. The van der Waals surface area contributed by atoms with Crippen LogP contribution in [0.5, 0.6) is 0 Å². The molecule has 126 valence electrons. The Morgan fingerprint density at radius 3 is 2.76 bits per heavy atom. The molecule has 0 saturated carbocycles. The first-order valence-corrected chi connectivity index (χ1v) is 10.0. The number of fused-ring (bicyclic) bond motifs is 1. The number of aromatic nitrogens is 2. The number of hydrogen-bond donors (Lipinski definition) is 1. The number of rotatable bonds is 4. The van der Waals surface area contributed by atoms with Gasteiger partial charge in [-0.25, -0.2) is 13.4 Å². The number of hydrogen-bond acceptors (Lipinski definition) is 4. The van der Waals surface area contributed by atoms with E-state index < -0.39 is 10.0 Å². The summed E-state index contributed by atoms with van der Waals surface area (Å²) in [6.07, 6.45) is 3.89. The Balaban J connectivity index is 1.70. The van der Waals surface area contributed by atoms with Crippen molar-refractivity contribution in [1.82, 2.24) is 9.38 Å². The van der Waals surface area contributed by atoms with E-state index in [1.54, 1.807) is 29.6 Å². The summed E-state index contributed by atoms with van der Waals surface area (Å²) in [6, 6.07) is 14.5. The zero-order valence-electron chi connectivity index (χ0n) is 13.4. The van der Waals surface area contributed by atoms with Crippen LogP contribution in [-0.4, -0.2) is 17.8 Å². The lowest BCUT2D eigenvalue weighted by atomic mass is 10.1. The van der Waals surface area contributed by atoms with Crippen LogP contribution < -0.4 is 4.72 Å². The van der Waals surface area contributed by atoms with Crippen LogP contribution in [0.4, 0.5) is 5.69 Å². The standard InChI is InChI=1S/C18H15N3O2S2/c1-13-5-3-9-21-12-16(19-18(13)21)14-6-2-7-15(11-14)20-25(22,23)17-8-4-10-24-17/h2-12,20H,1H3. The molecule has 0 fully saturated rings. The van der Waals surface area contributed by atoms with E-state index >= 15 is 0 Å². The van der Waals surface area contributed by atoms with Gasteiger partial charge in [-0.05, 0) is 42.1 Å². The fourth-order valence-corrected chi connectivity index (χ4v) is 4.70. The van der Waals surface area contributed by atoms with Crippen LogP contribution in [0.25, 0.3) is 16.9 Å². The van der Waals surface area contributed by atoms with Gasteiger partial charge < -0.3 is 4.40 Å². The van der Waals surface area contributed by atoms with E-state index in [-0.39, 0.29) is 0 Å². The Bertz CT molecular complexity index is 1150. The Hall–Kier alpha value is -2.64. The molecule has 0 saturated heterocycles. The van der Waals surface area contributed by atoms with Crippen LogP contribution in [0, 0.1) is 6.92 Å². The zero-order chi connectivity index (χ0) is 17.4. The number of aryl methyl sites for hydroxylation is 1. The third-order valence-corrected chi connectivity index (χ3v) is 6.63. The van der Waals surface area contributed by atoms with Crippen LogP contribution >= 0.6 is 11.3 Å². The Kier molecular flexibility index (Phi) is 3.82. The maximum absolute atomic E-state index is 12.4. The van der Waals surface area contributed by atoms with E-state index in [1.807, 2.05) is 48.0 Å². The maximum atomic E-state index is 12.4. The fourth-order valence-electron chi connectivity index (χ4n) is 2.66. The van der Waals surface area contributed by atoms with Crippen molar-refractivity contribution in [3.8, 4) is 11.3 Å². The summed E-state index contributed by atoms with van der Waals surface area (Å²) >= 11 is 1.19. The summed E-state index contributed by atoms with van der Waals surface area (Å²) < 4.78 is 29.6. The molecule has 5 nitrogen and oxygen atoms in total. The third-order valence-electron chi connectivity index (χ3n) is 3.85. The average molecular weight is 369 g/mol. The molecule has 0 aliphatic carbocycles. The van der Waals surface area contributed by atoms with Crippen LogP contribution in [0.3, 0.4) is 0 Å². The average Bonchev–Trinajstić information content (AvgIpc) is 3.25. The maximum Gasteiger partial charge on any atom is 0.271 e. The molecule has 0 bridgehead atoms. The van der Waals surface area contributed by atoms with Crippen molar-refractivity contribution in [2.45, 2.75) is 11.1 Å². The van der Waals surface area contributed by atoms with Crippen molar-refractivity contribution in [3.63, 3.8) is 0 Å². The van der Waals surface area contributed by atoms with Gasteiger partial charge in [0.15, 0.2) is 0 Å². The van der Waals surface area contributed by atoms with Gasteiger partial charge >= 0.3 is 0 Å². The molecular formula is C18H15N3O2S2. The van der Waals surface area contributed by atoms with Crippen molar-refractivity contribution >= 4 is 32.7 Å². The molecule has 0 spiro atoms. The third kappa shape index (κ3) is 3.04. The second-order valence-electron chi connectivity index (χ2n) is 5.67. The quantitative estimate of drug-likeness (QED) is 0.587.